The van der Waals surface area contributed by atoms with Crippen molar-refractivity contribution in [3.8, 4) is 0 Å². The van der Waals surface area contributed by atoms with E-state index in [1.807, 2.05) is 0 Å². The molecule has 11 heavy (non-hydrogen) atoms. The van der Waals surface area contributed by atoms with Crippen LogP contribution in [0.5, 0.6) is 0 Å². The predicted octanol–water partition coefficient (Wildman–Crippen LogP) is -1.56. The minimum absolute atomic E-state index is 0.0385. The fourth-order valence-corrected chi connectivity index (χ4v) is 1.50. The highest BCUT2D eigenvalue weighted by molar-refractivity contribution is 4.92. The van der Waals surface area contributed by atoms with Crippen molar-refractivity contribution < 1.29 is 15.3 Å². The van der Waals surface area contributed by atoms with E-state index in [0.717, 1.165) is 0 Å². The molecule has 1 rings (SSSR count). The first-order valence-electron chi connectivity index (χ1n) is 3.84. The predicted molar refractivity (Wildman–Crippen MR) is 39.8 cm³/mol. The van der Waals surface area contributed by atoms with Crippen LogP contribution in [0, 0.1) is 5.92 Å². The molecule has 0 saturated heterocycles. The summed E-state index contributed by atoms with van der Waals surface area (Å²) < 4.78 is 0. The highest BCUT2D eigenvalue weighted by atomic mass is 16.4. The van der Waals surface area contributed by atoms with Crippen LogP contribution in [0.4, 0.5) is 0 Å². The van der Waals surface area contributed by atoms with Crippen LogP contribution in [0.1, 0.15) is 13.3 Å². The summed E-state index contributed by atoms with van der Waals surface area (Å²) in [6, 6.07) is -0.414. The van der Waals surface area contributed by atoms with Crippen LogP contribution >= 0.6 is 0 Å². The number of hydrogen-bond donors (Lipinski definition) is 4. The SMILES string of the molecule is CC1C[C@H](N)[C@H](O)[C@@H](O)C1O. The van der Waals surface area contributed by atoms with Gasteiger partial charge < -0.3 is 21.1 Å². The molecule has 4 nitrogen and oxygen atoms in total. The molecule has 5 atom stereocenters. The smallest absolute Gasteiger partial charge is 0.107 e. The minimum atomic E-state index is -1.09. The summed E-state index contributed by atoms with van der Waals surface area (Å²) in [5.41, 5.74) is 5.50. The molecule has 5 N–H and O–H groups in total. The minimum Gasteiger partial charge on any atom is -0.390 e. The molecule has 1 saturated carbocycles. The van der Waals surface area contributed by atoms with Crippen molar-refractivity contribution in [2.45, 2.75) is 37.7 Å². The molecule has 0 aliphatic heterocycles. The molecule has 0 aromatic rings. The van der Waals surface area contributed by atoms with Crippen LogP contribution in [-0.2, 0) is 0 Å². The number of nitrogens with two attached hydrogens (primary N) is 1. The van der Waals surface area contributed by atoms with Crippen molar-refractivity contribution in [3.05, 3.63) is 0 Å². The molecular weight excluding hydrogens is 146 g/mol. The van der Waals surface area contributed by atoms with Gasteiger partial charge in [-0.25, -0.2) is 0 Å². The molecule has 0 amide bonds. The quantitative estimate of drug-likeness (QED) is 0.346. The monoisotopic (exact) mass is 161 g/mol. The van der Waals surface area contributed by atoms with Crippen molar-refractivity contribution >= 4 is 0 Å². The van der Waals surface area contributed by atoms with Gasteiger partial charge in [-0.15, -0.1) is 0 Å². The second-order valence-corrected chi connectivity index (χ2v) is 3.35. The topological polar surface area (TPSA) is 86.7 Å². The molecule has 1 fully saturated rings. The average Bonchev–Trinajstić information content (AvgIpc) is 1.97. The molecule has 0 aromatic heterocycles. The van der Waals surface area contributed by atoms with Gasteiger partial charge in [0.25, 0.3) is 0 Å². The van der Waals surface area contributed by atoms with Crippen LogP contribution in [-0.4, -0.2) is 39.7 Å². The zero-order valence-corrected chi connectivity index (χ0v) is 6.51. The van der Waals surface area contributed by atoms with Crippen molar-refractivity contribution in [3.63, 3.8) is 0 Å². The van der Waals surface area contributed by atoms with Crippen molar-refractivity contribution in [2.75, 3.05) is 0 Å². The van der Waals surface area contributed by atoms with Crippen LogP contribution in [0.3, 0.4) is 0 Å². The Morgan fingerprint density at radius 1 is 1.09 bits per heavy atom. The first-order valence-corrected chi connectivity index (χ1v) is 3.84. The fourth-order valence-electron chi connectivity index (χ4n) is 1.50. The number of rotatable bonds is 0. The molecule has 0 bridgehead atoms. The second kappa shape index (κ2) is 3.06. The summed E-state index contributed by atoms with van der Waals surface area (Å²) in [5, 5.41) is 27.7. The van der Waals surface area contributed by atoms with E-state index >= 15 is 0 Å². The summed E-state index contributed by atoms with van der Waals surface area (Å²) in [4.78, 5) is 0. The van der Waals surface area contributed by atoms with Gasteiger partial charge in [0.15, 0.2) is 0 Å². The Kier molecular flexibility index (Phi) is 2.49. The summed E-state index contributed by atoms with van der Waals surface area (Å²) in [7, 11) is 0. The van der Waals surface area contributed by atoms with E-state index in [2.05, 4.69) is 0 Å². The number of aliphatic hydroxyl groups is 3. The molecule has 0 heterocycles. The fraction of sp³-hybridized carbons (Fsp3) is 1.00. The molecule has 4 heteroatoms. The number of hydrogen-bond acceptors (Lipinski definition) is 4. The molecule has 0 radical (unpaired) electrons. The Labute approximate surface area is 65.6 Å². The van der Waals surface area contributed by atoms with E-state index in [1.54, 1.807) is 6.92 Å². The normalized spacial score (nSPS) is 52.6. The Balaban J connectivity index is 2.63. The lowest BCUT2D eigenvalue weighted by molar-refractivity contribution is -0.114. The first kappa shape index (κ1) is 8.93. The lowest BCUT2D eigenvalue weighted by Gasteiger charge is -2.37. The largest absolute Gasteiger partial charge is 0.390 e. The Hall–Kier alpha value is -0.160. The van der Waals surface area contributed by atoms with Gasteiger partial charge >= 0.3 is 0 Å². The van der Waals surface area contributed by atoms with Crippen molar-refractivity contribution in [2.24, 2.45) is 11.7 Å². The maximum absolute atomic E-state index is 9.27. The van der Waals surface area contributed by atoms with Gasteiger partial charge in [0.1, 0.15) is 6.10 Å². The summed E-state index contributed by atoms with van der Waals surface area (Å²) in [6.07, 6.45) is -2.36. The molecule has 66 valence electrons. The van der Waals surface area contributed by atoms with Crippen LogP contribution in [0.25, 0.3) is 0 Å². The maximum atomic E-state index is 9.27. The zero-order valence-electron chi connectivity index (χ0n) is 6.51. The van der Waals surface area contributed by atoms with E-state index in [9.17, 15) is 15.3 Å². The molecule has 1 aliphatic rings. The lowest BCUT2D eigenvalue weighted by atomic mass is 9.81. The highest BCUT2D eigenvalue weighted by Gasteiger charge is 2.38. The van der Waals surface area contributed by atoms with Gasteiger partial charge in [-0.05, 0) is 12.3 Å². The summed E-state index contributed by atoms with van der Waals surface area (Å²) >= 11 is 0. The van der Waals surface area contributed by atoms with Crippen molar-refractivity contribution in [1.29, 1.82) is 0 Å². The average molecular weight is 161 g/mol. The van der Waals surface area contributed by atoms with E-state index in [1.165, 1.54) is 0 Å². The molecule has 0 spiro atoms. The Morgan fingerprint density at radius 2 is 1.64 bits per heavy atom. The van der Waals surface area contributed by atoms with E-state index in [4.69, 9.17) is 5.73 Å². The third kappa shape index (κ3) is 1.54. The maximum Gasteiger partial charge on any atom is 0.107 e. The molecular formula is C7H15NO3. The van der Waals surface area contributed by atoms with Crippen LogP contribution in [0.2, 0.25) is 0 Å². The third-order valence-electron chi connectivity index (χ3n) is 2.37. The van der Waals surface area contributed by atoms with Gasteiger partial charge in [-0.1, -0.05) is 6.92 Å². The number of aliphatic hydroxyl groups excluding tert-OH is 3. The second-order valence-electron chi connectivity index (χ2n) is 3.35. The van der Waals surface area contributed by atoms with Gasteiger partial charge in [0.05, 0.1) is 12.2 Å². The summed E-state index contributed by atoms with van der Waals surface area (Å²) in [5.74, 6) is -0.0385. The van der Waals surface area contributed by atoms with Crippen LogP contribution < -0.4 is 5.73 Å². The highest BCUT2D eigenvalue weighted by Crippen LogP contribution is 2.23. The van der Waals surface area contributed by atoms with Crippen molar-refractivity contribution in [1.82, 2.24) is 0 Å². The van der Waals surface area contributed by atoms with E-state index in [-0.39, 0.29) is 5.92 Å². The third-order valence-corrected chi connectivity index (χ3v) is 2.37. The molecule has 2 unspecified atom stereocenters. The van der Waals surface area contributed by atoms with Gasteiger partial charge in [0, 0.05) is 6.04 Å². The van der Waals surface area contributed by atoms with Gasteiger partial charge in [0.2, 0.25) is 0 Å². The van der Waals surface area contributed by atoms with E-state index in [0.29, 0.717) is 6.42 Å². The Morgan fingerprint density at radius 3 is 2.18 bits per heavy atom. The summed E-state index contributed by atoms with van der Waals surface area (Å²) in [6.45, 7) is 1.81. The molecule has 0 aromatic carbocycles. The Bertz CT molecular complexity index is 128. The van der Waals surface area contributed by atoms with Gasteiger partial charge in [-0.2, -0.15) is 0 Å². The first-order chi connectivity index (χ1) is 5.04. The standard InChI is InChI=1S/C7H15NO3/c1-3-2-4(8)6(10)7(11)5(3)9/h3-7,9-11H,2,8H2,1H3/t3?,4-,5?,6-,7-/m0/s1. The van der Waals surface area contributed by atoms with Crippen LogP contribution in [0.15, 0.2) is 0 Å². The van der Waals surface area contributed by atoms with E-state index < -0.39 is 24.4 Å². The van der Waals surface area contributed by atoms with Gasteiger partial charge in [-0.3, -0.25) is 0 Å². The lowest BCUT2D eigenvalue weighted by Crippen LogP contribution is -2.55. The zero-order chi connectivity index (χ0) is 8.59. The molecule has 1 aliphatic carbocycles.